The van der Waals surface area contributed by atoms with Crippen LogP contribution in [0.25, 0.3) is 77.2 Å². The van der Waals surface area contributed by atoms with E-state index in [9.17, 15) is 5.26 Å². The van der Waals surface area contributed by atoms with Crippen LogP contribution in [0.15, 0.2) is 164 Å². The van der Waals surface area contributed by atoms with Gasteiger partial charge < -0.3 is 9.13 Å². The van der Waals surface area contributed by atoms with Gasteiger partial charge in [0.25, 0.3) is 0 Å². The standard InChI is InChI=1S/C43H27N3/c44-28-29-20-22-30(23-21-29)34-25-24-32(27-43(34)46-41-18-7-3-14-37(41)38-15-4-8-19-42(38)46)31-10-9-11-33(26-31)45-39-16-5-1-12-35(39)36-13-2-6-17-40(36)45/h1-27H. The second kappa shape index (κ2) is 10.4. The van der Waals surface area contributed by atoms with Crippen molar-refractivity contribution in [1.82, 2.24) is 9.13 Å². The fourth-order valence-corrected chi connectivity index (χ4v) is 7.07. The normalized spacial score (nSPS) is 11.5. The van der Waals surface area contributed by atoms with E-state index >= 15 is 0 Å². The zero-order valence-electron chi connectivity index (χ0n) is 24.9. The molecule has 0 bridgehead atoms. The molecular weight excluding hydrogens is 558 g/mol. The van der Waals surface area contributed by atoms with Crippen molar-refractivity contribution < 1.29 is 0 Å². The van der Waals surface area contributed by atoms with Crippen molar-refractivity contribution in [2.45, 2.75) is 0 Å². The quantitative estimate of drug-likeness (QED) is 0.202. The Bertz CT molecular complexity index is 2540. The minimum atomic E-state index is 0.653. The van der Waals surface area contributed by atoms with Gasteiger partial charge in [0.05, 0.1) is 39.4 Å². The number of aromatic nitrogens is 2. The predicted molar refractivity (Wildman–Crippen MR) is 191 cm³/mol. The first-order valence-electron chi connectivity index (χ1n) is 15.5. The minimum absolute atomic E-state index is 0.653. The number of nitriles is 1. The van der Waals surface area contributed by atoms with Crippen molar-refractivity contribution in [3.63, 3.8) is 0 Å². The van der Waals surface area contributed by atoms with Gasteiger partial charge in [-0.1, -0.05) is 109 Å². The van der Waals surface area contributed by atoms with E-state index in [2.05, 4.69) is 155 Å². The molecule has 0 N–H and O–H groups in total. The monoisotopic (exact) mass is 585 g/mol. The highest BCUT2D eigenvalue weighted by Gasteiger charge is 2.17. The average molecular weight is 586 g/mol. The summed E-state index contributed by atoms with van der Waals surface area (Å²) in [4.78, 5) is 0. The first-order valence-corrected chi connectivity index (χ1v) is 15.5. The van der Waals surface area contributed by atoms with Crippen LogP contribution in [-0.2, 0) is 0 Å². The fourth-order valence-electron chi connectivity index (χ4n) is 7.07. The molecule has 214 valence electrons. The topological polar surface area (TPSA) is 33.6 Å². The molecule has 9 rings (SSSR count). The van der Waals surface area contributed by atoms with Crippen molar-refractivity contribution in [3.8, 4) is 39.7 Å². The first kappa shape index (κ1) is 26.1. The molecule has 0 aliphatic rings. The number of hydrogen-bond donors (Lipinski definition) is 0. The summed E-state index contributed by atoms with van der Waals surface area (Å²) in [5.41, 5.74) is 12.1. The van der Waals surface area contributed by atoms with Crippen LogP contribution in [0.4, 0.5) is 0 Å². The number of hydrogen-bond acceptors (Lipinski definition) is 1. The maximum atomic E-state index is 9.46. The molecule has 2 heterocycles. The lowest BCUT2D eigenvalue weighted by atomic mass is 9.97. The highest BCUT2D eigenvalue weighted by atomic mass is 15.0. The molecule has 0 saturated heterocycles. The van der Waals surface area contributed by atoms with Crippen molar-refractivity contribution in [1.29, 1.82) is 5.26 Å². The molecule has 0 amide bonds. The third-order valence-corrected chi connectivity index (χ3v) is 9.16. The summed E-state index contributed by atoms with van der Waals surface area (Å²) in [6, 6.07) is 60.3. The van der Waals surface area contributed by atoms with E-state index < -0.39 is 0 Å². The highest BCUT2D eigenvalue weighted by Crippen LogP contribution is 2.39. The van der Waals surface area contributed by atoms with Crippen molar-refractivity contribution in [2.75, 3.05) is 0 Å². The maximum absolute atomic E-state index is 9.46. The van der Waals surface area contributed by atoms with Gasteiger partial charge in [0.2, 0.25) is 0 Å². The van der Waals surface area contributed by atoms with Crippen LogP contribution in [-0.4, -0.2) is 9.13 Å². The van der Waals surface area contributed by atoms with Gasteiger partial charge in [0, 0.05) is 32.8 Å². The molecule has 7 aromatic carbocycles. The lowest BCUT2D eigenvalue weighted by Gasteiger charge is -2.17. The molecule has 2 aromatic heterocycles. The Hall–Kier alpha value is -6.37. The molecule has 0 radical (unpaired) electrons. The van der Waals surface area contributed by atoms with Crippen LogP contribution in [0.2, 0.25) is 0 Å². The van der Waals surface area contributed by atoms with Crippen LogP contribution < -0.4 is 0 Å². The van der Waals surface area contributed by atoms with Crippen LogP contribution in [0.5, 0.6) is 0 Å². The molecule has 9 aromatic rings. The smallest absolute Gasteiger partial charge is 0.0991 e. The average Bonchev–Trinajstić information content (AvgIpc) is 3.65. The van der Waals surface area contributed by atoms with Gasteiger partial charge in [-0.3, -0.25) is 0 Å². The number of fused-ring (bicyclic) bond motifs is 6. The molecule has 0 unspecified atom stereocenters. The van der Waals surface area contributed by atoms with E-state index in [0.717, 1.165) is 44.7 Å². The summed E-state index contributed by atoms with van der Waals surface area (Å²) in [5, 5.41) is 14.4. The second-order valence-electron chi connectivity index (χ2n) is 11.7. The van der Waals surface area contributed by atoms with Gasteiger partial charge in [0.15, 0.2) is 0 Å². The van der Waals surface area contributed by atoms with Gasteiger partial charge in [0.1, 0.15) is 0 Å². The lowest BCUT2D eigenvalue weighted by Crippen LogP contribution is -1.99. The molecule has 0 aliphatic carbocycles. The Kier molecular flexibility index (Phi) is 5.88. The largest absolute Gasteiger partial charge is 0.309 e. The van der Waals surface area contributed by atoms with E-state index in [0.29, 0.717) is 5.56 Å². The number of nitrogens with zero attached hydrogens (tertiary/aromatic N) is 3. The molecular formula is C43H27N3. The van der Waals surface area contributed by atoms with Crippen molar-refractivity contribution in [2.24, 2.45) is 0 Å². The van der Waals surface area contributed by atoms with Gasteiger partial charge in [-0.15, -0.1) is 0 Å². The second-order valence-corrected chi connectivity index (χ2v) is 11.7. The lowest BCUT2D eigenvalue weighted by molar-refractivity contribution is 1.17. The third kappa shape index (κ3) is 3.98. The molecule has 0 aliphatic heterocycles. The molecule has 0 fully saturated rings. The third-order valence-electron chi connectivity index (χ3n) is 9.16. The van der Waals surface area contributed by atoms with E-state index in [-0.39, 0.29) is 0 Å². The van der Waals surface area contributed by atoms with Crippen molar-refractivity contribution >= 4 is 43.6 Å². The zero-order valence-corrected chi connectivity index (χ0v) is 24.9. The van der Waals surface area contributed by atoms with Gasteiger partial charge in [-0.2, -0.15) is 5.26 Å². The molecule has 0 saturated carbocycles. The fraction of sp³-hybridized carbons (Fsp3) is 0. The summed E-state index contributed by atoms with van der Waals surface area (Å²) in [7, 11) is 0. The Balaban J connectivity index is 1.29. The zero-order chi connectivity index (χ0) is 30.6. The number of benzene rings is 7. The Morgan fingerprint density at radius 3 is 1.41 bits per heavy atom. The molecule has 3 heteroatoms. The van der Waals surface area contributed by atoms with Crippen LogP contribution in [0, 0.1) is 11.3 Å². The molecule has 0 atom stereocenters. The maximum Gasteiger partial charge on any atom is 0.0991 e. The Morgan fingerprint density at radius 2 is 0.870 bits per heavy atom. The van der Waals surface area contributed by atoms with E-state index in [1.165, 1.54) is 32.6 Å². The highest BCUT2D eigenvalue weighted by molar-refractivity contribution is 6.10. The first-order chi connectivity index (χ1) is 22.8. The summed E-state index contributed by atoms with van der Waals surface area (Å²) < 4.78 is 4.76. The minimum Gasteiger partial charge on any atom is -0.309 e. The molecule has 0 spiro atoms. The van der Waals surface area contributed by atoms with Crippen LogP contribution in [0.1, 0.15) is 5.56 Å². The van der Waals surface area contributed by atoms with Gasteiger partial charge in [-0.25, -0.2) is 0 Å². The summed E-state index contributed by atoms with van der Waals surface area (Å²) in [5.74, 6) is 0. The van der Waals surface area contributed by atoms with E-state index in [4.69, 9.17) is 0 Å². The number of rotatable bonds is 4. The molecule has 46 heavy (non-hydrogen) atoms. The van der Waals surface area contributed by atoms with Crippen LogP contribution in [0.3, 0.4) is 0 Å². The summed E-state index contributed by atoms with van der Waals surface area (Å²) >= 11 is 0. The van der Waals surface area contributed by atoms with Gasteiger partial charge >= 0.3 is 0 Å². The van der Waals surface area contributed by atoms with E-state index in [1.807, 2.05) is 24.3 Å². The number of para-hydroxylation sites is 4. The predicted octanol–water partition coefficient (Wildman–Crippen LogP) is 11.1. The SMILES string of the molecule is N#Cc1ccc(-c2ccc(-c3cccc(-n4c5ccccc5c5ccccc54)c3)cc2-n2c3ccccc3c3ccccc32)cc1. The van der Waals surface area contributed by atoms with E-state index in [1.54, 1.807) is 0 Å². The van der Waals surface area contributed by atoms with Crippen LogP contribution >= 0.6 is 0 Å². The summed E-state index contributed by atoms with van der Waals surface area (Å²) in [6.07, 6.45) is 0. The Labute approximate surface area is 266 Å². The Morgan fingerprint density at radius 1 is 0.391 bits per heavy atom. The molecule has 3 nitrogen and oxygen atoms in total. The van der Waals surface area contributed by atoms with Crippen molar-refractivity contribution in [3.05, 3.63) is 169 Å². The van der Waals surface area contributed by atoms with Gasteiger partial charge in [-0.05, 0) is 71.3 Å². The summed E-state index contributed by atoms with van der Waals surface area (Å²) in [6.45, 7) is 0.